The van der Waals surface area contributed by atoms with Gasteiger partial charge in [0, 0.05) is 24.9 Å². The molecule has 3 rings (SSSR count). The van der Waals surface area contributed by atoms with Crippen molar-refractivity contribution in [3.8, 4) is 0 Å². The molecule has 2 aromatic rings. The van der Waals surface area contributed by atoms with Crippen LogP contribution in [0.4, 0.5) is 0 Å². The molecule has 1 aromatic heterocycles. The lowest BCUT2D eigenvalue weighted by molar-refractivity contribution is 0.581. The predicted octanol–water partition coefficient (Wildman–Crippen LogP) is 3.39. The van der Waals surface area contributed by atoms with Crippen LogP contribution in [0.15, 0.2) is 36.5 Å². The van der Waals surface area contributed by atoms with Gasteiger partial charge in [-0.1, -0.05) is 30.3 Å². The molecule has 0 spiro atoms. The largest absolute Gasteiger partial charge is 0.332 e. The van der Waals surface area contributed by atoms with Gasteiger partial charge in [0.05, 0.1) is 0 Å². The third kappa shape index (κ3) is 2.63. The maximum absolute atomic E-state index is 4.57. The first-order valence-corrected chi connectivity index (χ1v) is 6.88. The van der Waals surface area contributed by atoms with E-state index in [-0.39, 0.29) is 0 Å². The summed E-state index contributed by atoms with van der Waals surface area (Å²) < 4.78 is 2.42. The van der Waals surface area contributed by atoms with Crippen LogP contribution in [0, 0.1) is 12.8 Å². The Hall–Kier alpha value is -1.57. The van der Waals surface area contributed by atoms with Crippen LogP contribution in [-0.4, -0.2) is 9.55 Å². The maximum atomic E-state index is 4.57. The summed E-state index contributed by atoms with van der Waals surface area (Å²) in [6, 6.07) is 10.7. The molecule has 94 valence electrons. The highest BCUT2D eigenvalue weighted by Gasteiger charge is 2.23. The Balaban J connectivity index is 1.68. The number of aryl methyl sites for hydroxylation is 3. The highest BCUT2D eigenvalue weighted by atomic mass is 15.1. The number of nitrogens with zero attached hydrogens (tertiary/aromatic N) is 2. The number of imidazole rings is 1. The van der Waals surface area contributed by atoms with E-state index < -0.39 is 0 Å². The SMILES string of the molecule is Cc1cnc(CCc2ccccc2)n1CC1CC1. The molecule has 1 aliphatic rings. The zero-order valence-corrected chi connectivity index (χ0v) is 11.0. The summed E-state index contributed by atoms with van der Waals surface area (Å²) in [5.74, 6) is 2.16. The lowest BCUT2D eigenvalue weighted by Gasteiger charge is -2.09. The summed E-state index contributed by atoms with van der Waals surface area (Å²) in [7, 11) is 0. The Morgan fingerprint density at radius 1 is 1.17 bits per heavy atom. The highest BCUT2D eigenvalue weighted by molar-refractivity contribution is 5.16. The average molecular weight is 240 g/mol. The maximum Gasteiger partial charge on any atom is 0.109 e. The minimum atomic E-state index is 0.911. The van der Waals surface area contributed by atoms with E-state index in [4.69, 9.17) is 0 Å². The van der Waals surface area contributed by atoms with Crippen LogP contribution in [0.1, 0.15) is 29.9 Å². The van der Waals surface area contributed by atoms with Gasteiger partial charge in [-0.2, -0.15) is 0 Å². The first-order valence-electron chi connectivity index (χ1n) is 6.88. The quantitative estimate of drug-likeness (QED) is 0.783. The van der Waals surface area contributed by atoms with Crippen LogP contribution < -0.4 is 0 Å². The normalized spacial score (nSPS) is 14.9. The molecule has 0 radical (unpaired) electrons. The summed E-state index contributed by atoms with van der Waals surface area (Å²) in [5, 5.41) is 0. The molecule has 0 aliphatic heterocycles. The van der Waals surface area contributed by atoms with Crippen LogP contribution in [0.3, 0.4) is 0 Å². The summed E-state index contributed by atoms with van der Waals surface area (Å²) >= 11 is 0. The molecular formula is C16H20N2. The summed E-state index contributed by atoms with van der Waals surface area (Å²) in [6.45, 7) is 3.34. The molecule has 18 heavy (non-hydrogen) atoms. The summed E-state index contributed by atoms with van der Waals surface area (Å²) in [5.41, 5.74) is 2.71. The standard InChI is InChI=1S/C16H20N2/c1-13-11-17-16(18(13)12-15-7-8-15)10-9-14-5-3-2-4-6-14/h2-6,11,15H,7-10,12H2,1H3. The molecule has 0 amide bonds. The van der Waals surface area contributed by atoms with E-state index in [2.05, 4.69) is 46.8 Å². The fourth-order valence-electron chi connectivity index (χ4n) is 2.42. The third-order valence-corrected chi connectivity index (χ3v) is 3.76. The van der Waals surface area contributed by atoms with Gasteiger partial charge in [0.25, 0.3) is 0 Å². The first kappa shape index (κ1) is 11.5. The Kier molecular flexibility index (Phi) is 3.18. The van der Waals surface area contributed by atoms with Gasteiger partial charge in [0.1, 0.15) is 5.82 Å². The van der Waals surface area contributed by atoms with Crippen molar-refractivity contribution in [3.05, 3.63) is 53.6 Å². The zero-order valence-electron chi connectivity index (χ0n) is 11.0. The van der Waals surface area contributed by atoms with E-state index in [1.165, 1.54) is 36.5 Å². The van der Waals surface area contributed by atoms with Gasteiger partial charge in [0.15, 0.2) is 0 Å². The lowest BCUT2D eigenvalue weighted by atomic mass is 10.1. The molecule has 0 saturated heterocycles. The van der Waals surface area contributed by atoms with Gasteiger partial charge in [-0.05, 0) is 37.7 Å². The Labute approximate surface area is 109 Å². The predicted molar refractivity (Wildman–Crippen MR) is 73.5 cm³/mol. The van der Waals surface area contributed by atoms with Gasteiger partial charge in [-0.15, -0.1) is 0 Å². The van der Waals surface area contributed by atoms with Crippen molar-refractivity contribution in [1.82, 2.24) is 9.55 Å². The molecule has 2 heteroatoms. The smallest absolute Gasteiger partial charge is 0.109 e. The Morgan fingerprint density at radius 2 is 1.94 bits per heavy atom. The first-order chi connectivity index (χ1) is 8.83. The fraction of sp³-hybridized carbons (Fsp3) is 0.438. The zero-order chi connectivity index (χ0) is 12.4. The summed E-state index contributed by atoms with van der Waals surface area (Å²) in [4.78, 5) is 4.57. The topological polar surface area (TPSA) is 17.8 Å². The molecule has 0 unspecified atom stereocenters. The molecule has 0 N–H and O–H groups in total. The number of benzene rings is 1. The average Bonchev–Trinajstić information content (AvgIpc) is 3.15. The molecule has 2 nitrogen and oxygen atoms in total. The molecule has 1 fully saturated rings. The molecule has 1 aromatic carbocycles. The van der Waals surface area contributed by atoms with E-state index in [0.29, 0.717) is 0 Å². The third-order valence-electron chi connectivity index (χ3n) is 3.76. The van der Waals surface area contributed by atoms with Crippen molar-refractivity contribution in [3.63, 3.8) is 0 Å². The van der Waals surface area contributed by atoms with Gasteiger partial charge in [-0.25, -0.2) is 4.98 Å². The minimum Gasteiger partial charge on any atom is -0.332 e. The monoisotopic (exact) mass is 240 g/mol. The second kappa shape index (κ2) is 4.97. The van der Waals surface area contributed by atoms with Crippen molar-refractivity contribution < 1.29 is 0 Å². The second-order valence-corrected chi connectivity index (χ2v) is 5.36. The van der Waals surface area contributed by atoms with Crippen molar-refractivity contribution in [1.29, 1.82) is 0 Å². The molecule has 1 aliphatic carbocycles. The Bertz CT molecular complexity index is 509. The molecular weight excluding hydrogens is 220 g/mol. The molecule has 1 heterocycles. The number of hydrogen-bond donors (Lipinski definition) is 0. The van der Waals surface area contributed by atoms with Crippen LogP contribution in [0.2, 0.25) is 0 Å². The van der Waals surface area contributed by atoms with Crippen LogP contribution in [0.5, 0.6) is 0 Å². The molecule has 0 atom stereocenters. The van der Waals surface area contributed by atoms with Crippen LogP contribution >= 0.6 is 0 Å². The van der Waals surface area contributed by atoms with E-state index >= 15 is 0 Å². The summed E-state index contributed by atoms with van der Waals surface area (Å²) in [6.07, 6.45) is 6.95. The lowest BCUT2D eigenvalue weighted by Crippen LogP contribution is -2.08. The minimum absolute atomic E-state index is 0.911. The fourth-order valence-corrected chi connectivity index (χ4v) is 2.42. The molecule has 1 saturated carbocycles. The van der Waals surface area contributed by atoms with Crippen molar-refractivity contribution >= 4 is 0 Å². The van der Waals surface area contributed by atoms with Gasteiger partial charge in [0.2, 0.25) is 0 Å². The number of hydrogen-bond acceptors (Lipinski definition) is 1. The van der Waals surface area contributed by atoms with Gasteiger partial charge in [-0.3, -0.25) is 0 Å². The van der Waals surface area contributed by atoms with Crippen molar-refractivity contribution in [2.75, 3.05) is 0 Å². The van der Waals surface area contributed by atoms with Gasteiger partial charge >= 0.3 is 0 Å². The van der Waals surface area contributed by atoms with Crippen LogP contribution in [-0.2, 0) is 19.4 Å². The highest BCUT2D eigenvalue weighted by Crippen LogP contribution is 2.31. The van der Waals surface area contributed by atoms with Crippen molar-refractivity contribution in [2.45, 2.75) is 39.2 Å². The van der Waals surface area contributed by atoms with Crippen LogP contribution in [0.25, 0.3) is 0 Å². The van der Waals surface area contributed by atoms with E-state index in [9.17, 15) is 0 Å². The van der Waals surface area contributed by atoms with Crippen molar-refractivity contribution in [2.24, 2.45) is 5.92 Å². The van der Waals surface area contributed by atoms with E-state index in [0.717, 1.165) is 18.8 Å². The Morgan fingerprint density at radius 3 is 2.67 bits per heavy atom. The van der Waals surface area contributed by atoms with E-state index in [1.54, 1.807) is 0 Å². The number of rotatable bonds is 5. The second-order valence-electron chi connectivity index (χ2n) is 5.36. The van der Waals surface area contributed by atoms with Gasteiger partial charge < -0.3 is 4.57 Å². The number of aromatic nitrogens is 2. The van der Waals surface area contributed by atoms with E-state index in [1.807, 2.05) is 6.20 Å². The molecule has 0 bridgehead atoms.